The molecule has 1 unspecified atom stereocenters. The third kappa shape index (κ3) is 8.34. The third-order valence-corrected chi connectivity index (χ3v) is 4.94. The van der Waals surface area contributed by atoms with Gasteiger partial charge in [0.25, 0.3) is 0 Å². The van der Waals surface area contributed by atoms with E-state index in [0.717, 1.165) is 50.5 Å². The molecule has 0 aliphatic carbocycles. The van der Waals surface area contributed by atoms with Crippen molar-refractivity contribution >= 4 is 29.9 Å². The SMILES string of the molecule is CCNC(=NCC(c1ccc(F)cc1)N1CCOCC1)NCCCc1nc(C)no1.I. The van der Waals surface area contributed by atoms with Crippen molar-refractivity contribution in [2.24, 2.45) is 4.99 Å². The van der Waals surface area contributed by atoms with Crippen molar-refractivity contribution in [1.82, 2.24) is 25.7 Å². The number of ether oxygens (including phenoxy) is 1. The molecule has 0 radical (unpaired) electrons. The molecule has 1 aromatic heterocycles. The Labute approximate surface area is 200 Å². The fraction of sp³-hybridized carbons (Fsp3) is 0.571. The highest BCUT2D eigenvalue weighted by Gasteiger charge is 2.22. The van der Waals surface area contributed by atoms with E-state index >= 15 is 0 Å². The zero-order valence-electron chi connectivity index (χ0n) is 18.1. The molecule has 2 N–H and O–H groups in total. The van der Waals surface area contributed by atoms with E-state index < -0.39 is 0 Å². The summed E-state index contributed by atoms with van der Waals surface area (Å²) in [6.07, 6.45) is 1.58. The molecule has 0 bridgehead atoms. The Bertz CT molecular complexity index is 795. The molecular weight excluding hydrogens is 514 g/mol. The summed E-state index contributed by atoms with van der Waals surface area (Å²) in [4.78, 5) is 11.4. The second-order valence-electron chi connectivity index (χ2n) is 7.20. The van der Waals surface area contributed by atoms with E-state index in [1.807, 2.05) is 26.0 Å². The van der Waals surface area contributed by atoms with Gasteiger partial charge in [0.2, 0.25) is 5.89 Å². The topological polar surface area (TPSA) is 87.8 Å². The highest BCUT2D eigenvalue weighted by Crippen LogP contribution is 2.22. The molecule has 1 atom stereocenters. The number of rotatable bonds is 9. The average Bonchev–Trinajstić information content (AvgIpc) is 3.18. The summed E-state index contributed by atoms with van der Waals surface area (Å²) in [5.41, 5.74) is 1.06. The third-order valence-electron chi connectivity index (χ3n) is 4.94. The van der Waals surface area contributed by atoms with Crippen LogP contribution in [0, 0.1) is 12.7 Å². The van der Waals surface area contributed by atoms with Crippen LogP contribution < -0.4 is 10.6 Å². The van der Waals surface area contributed by atoms with E-state index in [1.165, 1.54) is 12.1 Å². The van der Waals surface area contributed by atoms with Gasteiger partial charge in [-0.25, -0.2) is 4.39 Å². The average molecular weight is 546 g/mol. The van der Waals surface area contributed by atoms with Crippen LogP contribution >= 0.6 is 24.0 Å². The van der Waals surface area contributed by atoms with Crippen LogP contribution in [0.25, 0.3) is 0 Å². The van der Waals surface area contributed by atoms with Crippen LogP contribution in [0.4, 0.5) is 4.39 Å². The smallest absolute Gasteiger partial charge is 0.226 e. The first-order chi connectivity index (χ1) is 14.7. The lowest BCUT2D eigenvalue weighted by Gasteiger charge is -2.34. The summed E-state index contributed by atoms with van der Waals surface area (Å²) in [5, 5.41) is 10.5. The quantitative estimate of drug-likeness (QED) is 0.217. The van der Waals surface area contributed by atoms with Gasteiger partial charge in [0.1, 0.15) is 5.82 Å². The highest BCUT2D eigenvalue weighted by molar-refractivity contribution is 14.0. The van der Waals surface area contributed by atoms with Gasteiger partial charge in [-0.2, -0.15) is 4.98 Å². The number of hydrogen-bond donors (Lipinski definition) is 2. The molecule has 2 aromatic rings. The van der Waals surface area contributed by atoms with E-state index in [2.05, 4.69) is 25.7 Å². The molecule has 0 spiro atoms. The van der Waals surface area contributed by atoms with E-state index in [9.17, 15) is 4.39 Å². The molecule has 31 heavy (non-hydrogen) atoms. The predicted molar refractivity (Wildman–Crippen MR) is 128 cm³/mol. The zero-order chi connectivity index (χ0) is 21.2. The molecule has 1 fully saturated rings. The lowest BCUT2D eigenvalue weighted by Crippen LogP contribution is -2.42. The van der Waals surface area contributed by atoms with Crippen molar-refractivity contribution in [2.75, 3.05) is 45.9 Å². The number of morpholine rings is 1. The maximum atomic E-state index is 13.4. The lowest BCUT2D eigenvalue weighted by atomic mass is 10.0. The van der Waals surface area contributed by atoms with Crippen molar-refractivity contribution in [2.45, 2.75) is 32.7 Å². The molecular formula is C21H32FIN6O2. The van der Waals surface area contributed by atoms with Crippen molar-refractivity contribution < 1.29 is 13.7 Å². The normalized spacial score (nSPS) is 15.9. The fourth-order valence-electron chi connectivity index (χ4n) is 3.41. The molecule has 8 nitrogen and oxygen atoms in total. The Balaban J connectivity index is 0.00000341. The summed E-state index contributed by atoms with van der Waals surface area (Å²) in [6.45, 7) is 9.02. The summed E-state index contributed by atoms with van der Waals surface area (Å²) >= 11 is 0. The number of hydrogen-bond acceptors (Lipinski definition) is 6. The zero-order valence-corrected chi connectivity index (χ0v) is 20.5. The second kappa shape index (κ2) is 13.6. The summed E-state index contributed by atoms with van der Waals surface area (Å²) in [7, 11) is 0. The van der Waals surface area contributed by atoms with Crippen LogP contribution in [0.3, 0.4) is 0 Å². The second-order valence-corrected chi connectivity index (χ2v) is 7.20. The molecule has 1 aliphatic heterocycles. The molecule has 0 saturated carbocycles. The fourth-order valence-corrected chi connectivity index (χ4v) is 3.41. The highest BCUT2D eigenvalue weighted by atomic mass is 127. The maximum Gasteiger partial charge on any atom is 0.226 e. The van der Waals surface area contributed by atoms with Gasteiger partial charge in [0.15, 0.2) is 11.8 Å². The van der Waals surface area contributed by atoms with E-state index in [0.29, 0.717) is 31.5 Å². The Morgan fingerprint density at radius 1 is 1.23 bits per heavy atom. The number of halogens is 2. The summed E-state index contributed by atoms with van der Waals surface area (Å²) < 4.78 is 24.0. The molecule has 1 saturated heterocycles. The summed E-state index contributed by atoms with van der Waals surface area (Å²) in [5.74, 6) is 1.84. The van der Waals surface area contributed by atoms with Gasteiger partial charge in [-0.15, -0.1) is 24.0 Å². The van der Waals surface area contributed by atoms with Gasteiger partial charge < -0.3 is 19.9 Å². The minimum absolute atomic E-state index is 0. The van der Waals surface area contributed by atoms with Crippen LogP contribution in [-0.4, -0.2) is 66.9 Å². The predicted octanol–water partition coefficient (Wildman–Crippen LogP) is 2.70. The molecule has 2 heterocycles. The first-order valence-corrected chi connectivity index (χ1v) is 10.5. The van der Waals surface area contributed by atoms with Crippen LogP contribution in [0.5, 0.6) is 0 Å². The van der Waals surface area contributed by atoms with E-state index in [1.54, 1.807) is 0 Å². The number of nitrogens with one attached hydrogen (secondary N) is 2. The van der Waals surface area contributed by atoms with Crippen molar-refractivity contribution in [3.8, 4) is 0 Å². The molecule has 1 aromatic carbocycles. The molecule has 3 rings (SSSR count). The van der Waals surface area contributed by atoms with Gasteiger partial charge >= 0.3 is 0 Å². The lowest BCUT2D eigenvalue weighted by molar-refractivity contribution is 0.0179. The Hall–Kier alpha value is -1.79. The van der Waals surface area contributed by atoms with Crippen LogP contribution in [0.2, 0.25) is 0 Å². The van der Waals surface area contributed by atoms with E-state index in [4.69, 9.17) is 14.3 Å². The monoisotopic (exact) mass is 546 g/mol. The number of benzene rings is 1. The number of aryl methyl sites for hydroxylation is 2. The summed E-state index contributed by atoms with van der Waals surface area (Å²) in [6, 6.07) is 6.78. The largest absolute Gasteiger partial charge is 0.379 e. The minimum atomic E-state index is -0.227. The Morgan fingerprint density at radius 3 is 2.61 bits per heavy atom. The number of guanidine groups is 1. The van der Waals surface area contributed by atoms with Crippen molar-refractivity contribution in [3.05, 3.63) is 47.4 Å². The molecule has 10 heteroatoms. The molecule has 0 amide bonds. The van der Waals surface area contributed by atoms with E-state index in [-0.39, 0.29) is 35.8 Å². The standard InChI is InChI=1S/C21H31FN6O2.HI/c1-3-23-21(24-10-4-5-20-26-16(2)27-30-20)25-15-19(28-11-13-29-14-12-28)17-6-8-18(22)9-7-17;/h6-9,19H,3-5,10-15H2,1-2H3,(H2,23,24,25);1H. The number of aromatic nitrogens is 2. The molecule has 1 aliphatic rings. The first kappa shape index (κ1) is 25.5. The van der Waals surface area contributed by atoms with Crippen molar-refractivity contribution in [3.63, 3.8) is 0 Å². The van der Waals surface area contributed by atoms with Gasteiger partial charge in [-0.05, 0) is 38.0 Å². The van der Waals surface area contributed by atoms with Crippen LogP contribution in [-0.2, 0) is 11.2 Å². The number of aliphatic imine (C=N–C) groups is 1. The van der Waals surface area contributed by atoms with Crippen molar-refractivity contribution in [1.29, 1.82) is 0 Å². The van der Waals surface area contributed by atoms with Gasteiger partial charge in [0, 0.05) is 32.6 Å². The Kier molecular flexibility index (Phi) is 11.2. The number of nitrogens with zero attached hydrogens (tertiary/aromatic N) is 4. The maximum absolute atomic E-state index is 13.4. The van der Waals surface area contributed by atoms with Crippen LogP contribution in [0.15, 0.2) is 33.8 Å². The van der Waals surface area contributed by atoms with Gasteiger partial charge in [-0.3, -0.25) is 9.89 Å². The molecule has 172 valence electrons. The Morgan fingerprint density at radius 2 is 1.97 bits per heavy atom. The minimum Gasteiger partial charge on any atom is -0.379 e. The van der Waals surface area contributed by atoms with Crippen LogP contribution in [0.1, 0.15) is 36.7 Å². The van der Waals surface area contributed by atoms with Gasteiger partial charge in [-0.1, -0.05) is 17.3 Å². The van der Waals surface area contributed by atoms with Gasteiger partial charge in [0.05, 0.1) is 25.8 Å². The first-order valence-electron chi connectivity index (χ1n) is 10.5.